The van der Waals surface area contributed by atoms with E-state index in [0.29, 0.717) is 0 Å². The molecular formula is C17H19N9. The molecule has 132 valence electrons. The molecule has 0 N–H and O–H groups in total. The van der Waals surface area contributed by atoms with Gasteiger partial charge in [-0.1, -0.05) is 0 Å². The second-order valence-corrected chi connectivity index (χ2v) is 6.61. The van der Waals surface area contributed by atoms with Crippen LogP contribution in [-0.4, -0.2) is 60.6 Å². The van der Waals surface area contributed by atoms with Gasteiger partial charge in [-0.2, -0.15) is 14.1 Å². The molecule has 9 nitrogen and oxygen atoms in total. The molecule has 5 heterocycles. The molecule has 0 atom stereocenters. The van der Waals surface area contributed by atoms with Crippen LogP contribution in [0.5, 0.6) is 0 Å². The topological polar surface area (TPSA) is 79.8 Å². The van der Waals surface area contributed by atoms with Crippen LogP contribution in [0.2, 0.25) is 0 Å². The summed E-state index contributed by atoms with van der Waals surface area (Å²) >= 11 is 0. The summed E-state index contributed by atoms with van der Waals surface area (Å²) in [6.45, 7) is 7.62. The Morgan fingerprint density at radius 3 is 2.50 bits per heavy atom. The molecule has 0 unspecified atom stereocenters. The quantitative estimate of drug-likeness (QED) is 0.536. The van der Waals surface area contributed by atoms with Gasteiger partial charge in [0.05, 0.1) is 5.69 Å². The number of piperazine rings is 1. The Labute approximate surface area is 149 Å². The van der Waals surface area contributed by atoms with Crippen molar-refractivity contribution in [2.75, 3.05) is 36.0 Å². The van der Waals surface area contributed by atoms with E-state index in [2.05, 4.69) is 41.2 Å². The second-order valence-electron chi connectivity index (χ2n) is 6.61. The summed E-state index contributed by atoms with van der Waals surface area (Å²) in [7, 11) is 0. The molecule has 4 aromatic rings. The smallest absolute Gasteiger partial charge is 0.177 e. The van der Waals surface area contributed by atoms with Gasteiger partial charge in [0.2, 0.25) is 0 Å². The molecule has 1 fully saturated rings. The summed E-state index contributed by atoms with van der Waals surface area (Å²) in [6, 6.07) is 8.08. The highest BCUT2D eigenvalue weighted by atomic mass is 15.4. The van der Waals surface area contributed by atoms with Crippen LogP contribution < -0.4 is 9.80 Å². The molecule has 0 radical (unpaired) electrons. The summed E-state index contributed by atoms with van der Waals surface area (Å²) in [4.78, 5) is 9.23. The fourth-order valence-corrected chi connectivity index (χ4v) is 3.47. The van der Waals surface area contributed by atoms with Gasteiger partial charge >= 0.3 is 0 Å². The van der Waals surface area contributed by atoms with Gasteiger partial charge in [0, 0.05) is 44.0 Å². The van der Waals surface area contributed by atoms with Crippen LogP contribution in [0.4, 0.5) is 11.6 Å². The van der Waals surface area contributed by atoms with E-state index in [9.17, 15) is 0 Å². The van der Waals surface area contributed by atoms with Crippen LogP contribution in [-0.2, 0) is 0 Å². The highest BCUT2D eigenvalue weighted by Crippen LogP contribution is 2.21. The minimum absolute atomic E-state index is 0.760. The van der Waals surface area contributed by atoms with Crippen molar-refractivity contribution in [2.24, 2.45) is 0 Å². The minimum Gasteiger partial charge on any atom is -0.353 e. The molecule has 0 spiro atoms. The van der Waals surface area contributed by atoms with Gasteiger partial charge in [0.1, 0.15) is 18.0 Å². The number of fused-ring (bicyclic) bond motifs is 2. The largest absolute Gasteiger partial charge is 0.353 e. The van der Waals surface area contributed by atoms with Crippen molar-refractivity contribution in [3.05, 3.63) is 42.0 Å². The van der Waals surface area contributed by atoms with Gasteiger partial charge in [-0.15, -0.1) is 15.3 Å². The highest BCUT2D eigenvalue weighted by Gasteiger charge is 2.21. The maximum Gasteiger partial charge on any atom is 0.177 e. The lowest BCUT2D eigenvalue weighted by atomic mass is 10.3. The first-order valence-electron chi connectivity index (χ1n) is 8.68. The van der Waals surface area contributed by atoms with Gasteiger partial charge in [-0.25, -0.2) is 4.98 Å². The molecule has 0 amide bonds. The van der Waals surface area contributed by atoms with Crippen molar-refractivity contribution in [2.45, 2.75) is 13.8 Å². The number of nitrogens with zero attached hydrogens (tertiary/aromatic N) is 9. The van der Waals surface area contributed by atoms with Gasteiger partial charge in [-0.05, 0) is 26.0 Å². The normalized spacial score (nSPS) is 15.3. The van der Waals surface area contributed by atoms with Gasteiger partial charge < -0.3 is 9.80 Å². The monoisotopic (exact) mass is 349 g/mol. The zero-order valence-corrected chi connectivity index (χ0v) is 14.7. The van der Waals surface area contributed by atoms with E-state index in [-0.39, 0.29) is 0 Å². The molecule has 1 aliphatic rings. The van der Waals surface area contributed by atoms with E-state index in [1.807, 2.05) is 36.6 Å². The lowest BCUT2D eigenvalue weighted by Gasteiger charge is -2.36. The molecule has 0 aliphatic carbocycles. The maximum absolute atomic E-state index is 4.60. The molecule has 4 aromatic heterocycles. The van der Waals surface area contributed by atoms with Crippen molar-refractivity contribution in [1.82, 2.24) is 34.4 Å². The van der Waals surface area contributed by atoms with Crippen molar-refractivity contribution in [3.63, 3.8) is 0 Å². The maximum atomic E-state index is 4.60. The first-order valence-corrected chi connectivity index (χ1v) is 8.68. The second kappa shape index (κ2) is 5.65. The Bertz CT molecular complexity index is 1090. The van der Waals surface area contributed by atoms with Crippen LogP contribution in [0.1, 0.15) is 11.4 Å². The first-order chi connectivity index (χ1) is 12.7. The summed E-state index contributed by atoms with van der Waals surface area (Å²) in [6.07, 6.45) is 1.63. The Morgan fingerprint density at radius 1 is 0.846 bits per heavy atom. The molecule has 0 aromatic carbocycles. The molecule has 26 heavy (non-hydrogen) atoms. The molecule has 5 rings (SSSR count). The molecule has 1 aliphatic heterocycles. The van der Waals surface area contributed by atoms with E-state index in [1.165, 1.54) is 0 Å². The Morgan fingerprint density at radius 2 is 1.65 bits per heavy atom. The van der Waals surface area contributed by atoms with E-state index < -0.39 is 0 Å². The Balaban J connectivity index is 1.40. The zero-order valence-electron chi connectivity index (χ0n) is 14.7. The van der Waals surface area contributed by atoms with E-state index in [1.54, 1.807) is 10.8 Å². The Kier molecular flexibility index (Phi) is 3.27. The van der Waals surface area contributed by atoms with Crippen molar-refractivity contribution in [1.29, 1.82) is 0 Å². The van der Waals surface area contributed by atoms with Crippen molar-refractivity contribution < 1.29 is 0 Å². The van der Waals surface area contributed by atoms with Crippen molar-refractivity contribution in [3.8, 4) is 0 Å². The van der Waals surface area contributed by atoms with Crippen LogP contribution >= 0.6 is 0 Å². The third-order valence-corrected chi connectivity index (χ3v) is 4.73. The van der Waals surface area contributed by atoms with Crippen LogP contribution in [0.15, 0.2) is 30.6 Å². The average Bonchev–Trinajstić information content (AvgIpc) is 3.26. The first kappa shape index (κ1) is 15.1. The number of anilines is 2. The summed E-state index contributed by atoms with van der Waals surface area (Å²) < 4.78 is 3.66. The molecular weight excluding hydrogens is 330 g/mol. The van der Waals surface area contributed by atoms with E-state index >= 15 is 0 Å². The highest BCUT2D eigenvalue weighted by molar-refractivity contribution is 5.53. The molecule has 1 saturated heterocycles. The third kappa shape index (κ3) is 2.43. The molecule has 9 heteroatoms. The van der Waals surface area contributed by atoms with Crippen LogP contribution in [0.25, 0.3) is 11.3 Å². The SMILES string of the molecule is Cc1cc(N2CCN(c3ccc4nncn4n3)CC2)n2nc(C)cc2n1. The predicted molar refractivity (Wildman–Crippen MR) is 97.7 cm³/mol. The van der Waals surface area contributed by atoms with Gasteiger partial charge in [-0.3, -0.25) is 0 Å². The minimum atomic E-state index is 0.760. The Hall–Kier alpha value is -3.23. The average molecular weight is 349 g/mol. The number of aromatic nitrogens is 7. The number of hydrogen-bond acceptors (Lipinski definition) is 7. The predicted octanol–water partition coefficient (Wildman–Crippen LogP) is 1.11. The molecule has 0 bridgehead atoms. The van der Waals surface area contributed by atoms with Gasteiger partial charge in [0.15, 0.2) is 11.3 Å². The molecule has 0 saturated carbocycles. The number of hydrogen-bond donors (Lipinski definition) is 0. The lowest BCUT2D eigenvalue weighted by Crippen LogP contribution is -2.47. The fraction of sp³-hybridized carbons (Fsp3) is 0.353. The lowest BCUT2D eigenvalue weighted by molar-refractivity contribution is 0.628. The van der Waals surface area contributed by atoms with E-state index in [0.717, 1.165) is 60.5 Å². The summed E-state index contributed by atoms with van der Waals surface area (Å²) in [5.41, 5.74) is 3.65. The number of rotatable bonds is 2. The van der Waals surface area contributed by atoms with Crippen LogP contribution in [0, 0.1) is 13.8 Å². The standard InChI is InChI=1S/C17H19N9/c1-12-10-17(26-16(19-12)9-13(2)21-26)24-7-5-23(6-8-24)15-4-3-14-20-18-11-25(14)22-15/h3-4,9-11H,5-8H2,1-2H3. The zero-order chi connectivity index (χ0) is 17.7. The van der Waals surface area contributed by atoms with E-state index in [4.69, 9.17) is 0 Å². The third-order valence-electron chi connectivity index (χ3n) is 4.73. The van der Waals surface area contributed by atoms with Crippen molar-refractivity contribution >= 4 is 22.9 Å². The summed E-state index contributed by atoms with van der Waals surface area (Å²) in [5.74, 6) is 2.05. The van der Waals surface area contributed by atoms with Crippen LogP contribution in [0.3, 0.4) is 0 Å². The fourth-order valence-electron chi connectivity index (χ4n) is 3.47. The summed E-state index contributed by atoms with van der Waals surface area (Å²) in [5, 5.41) is 17.1. The van der Waals surface area contributed by atoms with Gasteiger partial charge in [0.25, 0.3) is 0 Å². The number of aryl methyl sites for hydroxylation is 2.